The summed E-state index contributed by atoms with van der Waals surface area (Å²) in [4.78, 5) is 8.01. The number of nitrogens with two attached hydrogens (primary N) is 1. The molecule has 4 nitrogen and oxygen atoms in total. The highest BCUT2D eigenvalue weighted by atomic mass is 35.5. The van der Waals surface area contributed by atoms with Crippen LogP contribution in [0.3, 0.4) is 0 Å². The average Bonchev–Trinajstić information content (AvgIpc) is 2.23. The number of rotatable bonds is 2. The Morgan fingerprint density at radius 2 is 2.12 bits per heavy atom. The van der Waals surface area contributed by atoms with E-state index in [2.05, 4.69) is 29.1 Å². The van der Waals surface area contributed by atoms with E-state index in [0.29, 0.717) is 17.1 Å². The number of hydrogen-bond acceptors (Lipinski definition) is 4. The number of nitrogens with one attached hydrogen (secondary N) is 1. The second-order valence-electron chi connectivity index (χ2n) is 4.95. The van der Waals surface area contributed by atoms with E-state index < -0.39 is 0 Å². The third-order valence-corrected chi connectivity index (χ3v) is 3.95. The van der Waals surface area contributed by atoms with E-state index in [1.165, 1.54) is 19.3 Å². The molecule has 0 aliphatic heterocycles. The van der Waals surface area contributed by atoms with Gasteiger partial charge in [-0.15, -0.1) is 0 Å². The Labute approximate surface area is 107 Å². The minimum Gasteiger partial charge on any atom is -0.368 e. The highest BCUT2D eigenvalue weighted by Crippen LogP contribution is 2.31. The number of nitrogen functional groups attached to an aromatic ring is 1. The lowest BCUT2D eigenvalue weighted by atomic mass is 9.78. The van der Waals surface area contributed by atoms with Crippen LogP contribution >= 0.6 is 11.6 Å². The highest BCUT2D eigenvalue weighted by Gasteiger charge is 2.27. The van der Waals surface area contributed by atoms with Crippen molar-refractivity contribution in [3.8, 4) is 0 Å². The molecule has 0 spiro atoms. The SMILES string of the molecule is C[C@H]1[C@H](C)CCC[C@H]1Nc1cc(Cl)nc(N)n1. The maximum atomic E-state index is 5.86. The Morgan fingerprint density at radius 1 is 1.35 bits per heavy atom. The van der Waals surface area contributed by atoms with Crippen LogP contribution in [0.2, 0.25) is 5.15 Å². The van der Waals surface area contributed by atoms with Crippen LogP contribution in [0.15, 0.2) is 6.07 Å². The molecule has 3 N–H and O–H groups in total. The van der Waals surface area contributed by atoms with Crippen molar-refractivity contribution in [1.82, 2.24) is 9.97 Å². The first-order chi connectivity index (χ1) is 8.06. The van der Waals surface area contributed by atoms with E-state index in [1.54, 1.807) is 6.07 Å². The maximum absolute atomic E-state index is 5.86. The first-order valence-electron chi connectivity index (χ1n) is 6.13. The number of halogens is 1. The van der Waals surface area contributed by atoms with Crippen LogP contribution < -0.4 is 11.1 Å². The summed E-state index contributed by atoms with van der Waals surface area (Å²) in [6.07, 6.45) is 3.75. The van der Waals surface area contributed by atoms with Gasteiger partial charge in [0.1, 0.15) is 11.0 Å². The van der Waals surface area contributed by atoms with E-state index in [9.17, 15) is 0 Å². The lowest BCUT2D eigenvalue weighted by Crippen LogP contribution is -2.35. The Kier molecular flexibility index (Phi) is 3.72. The van der Waals surface area contributed by atoms with Gasteiger partial charge in [0.05, 0.1) is 0 Å². The molecule has 0 aromatic carbocycles. The smallest absolute Gasteiger partial charge is 0.223 e. The molecule has 0 amide bonds. The van der Waals surface area contributed by atoms with Crippen molar-refractivity contribution in [3.05, 3.63) is 11.2 Å². The zero-order chi connectivity index (χ0) is 12.4. The second-order valence-corrected chi connectivity index (χ2v) is 5.34. The van der Waals surface area contributed by atoms with Gasteiger partial charge in [0.2, 0.25) is 5.95 Å². The van der Waals surface area contributed by atoms with Gasteiger partial charge in [0, 0.05) is 12.1 Å². The molecule has 1 fully saturated rings. The summed E-state index contributed by atoms with van der Waals surface area (Å²) in [6.45, 7) is 4.59. The van der Waals surface area contributed by atoms with E-state index in [1.807, 2.05) is 0 Å². The van der Waals surface area contributed by atoms with Crippen LogP contribution in [-0.4, -0.2) is 16.0 Å². The Balaban J connectivity index is 2.09. The third-order valence-electron chi connectivity index (χ3n) is 3.75. The number of nitrogens with zero attached hydrogens (tertiary/aromatic N) is 2. The van der Waals surface area contributed by atoms with E-state index >= 15 is 0 Å². The fourth-order valence-electron chi connectivity index (χ4n) is 2.48. The number of hydrogen-bond donors (Lipinski definition) is 2. The van der Waals surface area contributed by atoms with Crippen molar-refractivity contribution < 1.29 is 0 Å². The van der Waals surface area contributed by atoms with Crippen molar-refractivity contribution in [2.24, 2.45) is 11.8 Å². The van der Waals surface area contributed by atoms with Crippen LogP contribution in [0.5, 0.6) is 0 Å². The summed E-state index contributed by atoms with van der Waals surface area (Å²) in [7, 11) is 0. The molecule has 0 saturated heterocycles. The predicted molar refractivity (Wildman–Crippen MR) is 71.0 cm³/mol. The maximum Gasteiger partial charge on any atom is 0.223 e. The third kappa shape index (κ3) is 3.00. The monoisotopic (exact) mass is 254 g/mol. The van der Waals surface area contributed by atoms with Crippen molar-refractivity contribution in [2.75, 3.05) is 11.1 Å². The van der Waals surface area contributed by atoms with E-state index in [-0.39, 0.29) is 5.95 Å². The Morgan fingerprint density at radius 3 is 2.82 bits per heavy atom. The zero-order valence-corrected chi connectivity index (χ0v) is 11.0. The van der Waals surface area contributed by atoms with Gasteiger partial charge >= 0.3 is 0 Å². The Hall–Kier alpha value is -1.03. The van der Waals surface area contributed by atoms with Crippen molar-refractivity contribution in [1.29, 1.82) is 0 Å². The van der Waals surface area contributed by atoms with Crippen LogP contribution in [0, 0.1) is 11.8 Å². The molecular weight excluding hydrogens is 236 g/mol. The second kappa shape index (κ2) is 5.08. The molecule has 3 atom stereocenters. The quantitative estimate of drug-likeness (QED) is 0.797. The fourth-order valence-corrected chi connectivity index (χ4v) is 2.67. The lowest BCUT2D eigenvalue weighted by Gasteiger charge is -2.34. The molecular formula is C12H19ClN4. The molecule has 1 aromatic rings. The first-order valence-corrected chi connectivity index (χ1v) is 6.50. The molecule has 0 bridgehead atoms. The molecule has 1 aliphatic carbocycles. The summed E-state index contributed by atoms with van der Waals surface area (Å²) in [5.41, 5.74) is 5.58. The fraction of sp³-hybridized carbons (Fsp3) is 0.667. The topological polar surface area (TPSA) is 63.8 Å². The number of anilines is 2. The molecule has 1 heterocycles. The molecule has 1 saturated carbocycles. The minimum absolute atomic E-state index is 0.219. The molecule has 1 aromatic heterocycles. The van der Waals surface area contributed by atoms with Crippen LogP contribution in [0.25, 0.3) is 0 Å². The van der Waals surface area contributed by atoms with Gasteiger partial charge in [-0.2, -0.15) is 4.98 Å². The van der Waals surface area contributed by atoms with Crippen LogP contribution in [0.4, 0.5) is 11.8 Å². The lowest BCUT2D eigenvalue weighted by molar-refractivity contribution is 0.253. The van der Waals surface area contributed by atoms with Crippen molar-refractivity contribution >= 4 is 23.4 Å². The normalized spacial score (nSPS) is 29.0. The van der Waals surface area contributed by atoms with Gasteiger partial charge < -0.3 is 11.1 Å². The van der Waals surface area contributed by atoms with Crippen molar-refractivity contribution in [2.45, 2.75) is 39.2 Å². The summed E-state index contributed by atoms with van der Waals surface area (Å²) in [5.74, 6) is 2.33. The molecule has 2 rings (SSSR count). The number of aromatic nitrogens is 2. The van der Waals surface area contributed by atoms with Gasteiger partial charge in [-0.3, -0.25) is 0 Å². The van der Waals surface area contributed by atoms with Crippen molar-refractivity contribution in [3.63, 3.8) is 0 Å². The van der Waals surface area contributed by atoms with E-state index in [0.717, 1.165) is 11.7 Å². The highest BCUT2D eigenvalue weighted by molar-refractivity contribution is 6.29. The summed E-state index contributed by atoms with van der Waals surface area (Å²) >= 11 is 5.86. The molecule has 17 heavy (non-hydrogen) atoms. The predicted octanol–water partition coefficient (Wildman–Crippen LogP) is 2.95. The van der Waals surface area contributed by atoms with Gasteiger partial charge in [0.25, 0.3) is 0 Å². The van der Waals surface area contributed by atoms with Gasteiger partial charge in [-0.1, -0.05) is 38.3 Å². The molecule has 0 radical (unpaired) electrons. The van der Waals surface area contributed by atoms with Gasteiger partial charge in [-0.25, -0.2) is 4.98 Å². The summed E-state index contributed by atoms with van der Waals surface area (Å²) in [6, 6.07) is 2.17. The van der Waals surface area contributed by atoms with Gasteiger partial charge in [0.15, 0.2) is 0 Å². The molecule has 1 aliphatic rings. The largest absolute Gasteiger partial charge is 0.368 e. The molecule has 94 valence electrons. The van der Waals surface area contributed by atoms with Crippen LogP contribution in [0.1, 0.15) is 33.1 Å². The zero-order valence-electron chi connectivity index (χ0n) is 10.3. The molecule has 5 heteroatoms. The average molecular weight is 255 g/mol. The van der Waals surface area contributed by atoms with Crippen LogP contribution in [-0.2, 0) is 0 Å². The summed E-state index contributed by atoms with van der Waals surface area (Å²) < 4.78 is 0. The van der Waals surface area contributed by atoms with Gasteiger partial charge in [-0.05, 0) is 18.3 Å². The summed E-state index contributed by atoms with van der Waals surface area (Å²) in [5, 5.41) is 3.81. The Bertz CT molecular complexity index is 376. The minimum atomic E-state index is 0.219. The van der Waals surface area contributed by atoms with E-state index in [4.69, 9.17) is 17.3 Å². The first kappa shape index (κ1) is 12.4. The molecule has 0 unspecified atom stereocenters. The standard InChI is InChI=1S/C12H19ClN4/c1-7-4-3-5-9(8(7)2)15-11-6-10(13)16-12(14)17-11/h6-9H,3-5H2,1-2H3,(H3,14,15,16,17)/t7-,8+,9-/m1/s1.